The Bertz CT molecular complexity index is 8520. The van der Waals surface area contributed by atoms with Gasteiger partial charge < -0.3 is 0 Å². The molecule has 0 N–H and O–H groups in total. The highest BCUT2D eigenvalue weighted by Gasteiger charge is 2.20. The Labute approximate surface area is 772 Å². The van der Waals surface area contributed by atoms with Crippen LogP contribution in [0.5, 0.6) is 0 Å². The monoisotopic (exact) mass is 1690 g/mol. The molecule has 0 aliphatic carbocycles. The SMILES string of the molecule is Cc1ccc2c3ccccc3c3ccc(-c4cccc(-c5cc(-c6ccccc6)nc(-c6ccccc6)c5)c4)cc3c2c1.c1ccc(-c2ccc3c(c2)c2ccc(-c4cccc(-c5nc(-c6ccccc6)cc(-c6ccccc6)n5)c4)cc2c2ccc(-c4ccccc4)cc32)cc1.c1ccc(-c2ccc3c4ccccc4c4cc(-c5ccnc(-c6ccccc6)n5)ccc4c3c2)cc1. The predicted molar refractivity (Wildman–Crippen MR) is 561 cm³/mol. The van der Waals surface area contributed by atoms with Crippen molar-refractivity contribution >= 4 is 97.0 Å². The number of fused-ring (bicyclic) bond motifs is 18. The molecule has 133 heavy (non-hydrogen) atoms. The van der Waals surface area contributed by atoms with E-state index in [1.165, 1.54) is 153 Å². The molecule has 0 unspecified atom stereocenters. The second-order valence-corrected chi connectivity index (χ2v) is 34.1. The predicted octanol–water partition coefficient (Wildman–Crippen LogP) is 34.4. The molecule has 0 aliphatic rings. The van der Waals surface area contributed by atoms with Crippen molar-refractivity contribution in [3.63, 3.8) is 0 Å². The maximum absolute atomic E-state index is 5.11. The van der Waals surface area contributed by atoms with Crippen molar-refractivity contribution in [1.29, 1.82) is 0 Å². The molecule has 3 aromatic heterocycles. The van der Waals surface area contributed by atoms with E-state index < -0.39 is 0 Å². The highest BCUT2D eigenvalue weighted by Crippen LogP contribution is 2.46. The van der Waals surface area contributed by atoms with Gasteiger partial charge >= 0.3 is 0 Å². The second kappa shape index (κ2) is 35.3. The minimum absolute atomic E-state index is 0.705. The van der Waals surface area contributed by atoms with E-state index in [2.05, 4.69) is 443 Å². The van der Waals surface area contributed by atoms with Gasteiger partial charge in [-0.25, -0.2) is 24.9 Å². The molecule has 0 bridgehead atoms. The molecule has 5 heteroatoms. The van der Waals surface area contributed by atoms with Crippen LogP contribution in [0.15, 0.2) is 498 Å². The van der Waals surface area contributed by atoms with Crippen molar-refractivity contribution in [1.82, 2.24) is 24.9 Å². The van der Waals surface area contributed by atoms with Crippen LogP contribution in [-0.2, 0) is 0 Å². The molecule has 5 nitrogen and oxygen atoms in total. The lowest BCUT2D eigenvalue weighted by molar-refractivity contribution is 1.18. The summed E-state index contributed by atoms with van der Waals surface area (Å²) >= 11 is 0. The first-order valence-electron chi connectivity index (χ1n) is 45.4. The third-order valence-corrected chi connectivity index (χ3v) is 25.9. The minimum atomic E-state index is 0.705. The van der Waals surface area contributed by atoms with Gasteiger partial charge in [-0.3, -0.25) is 0 Å². The number of benzene rings is 22. The molecule has 0 aliphatic heterocycles. The smallest absolute Gasteiger partial charge is 0.160 e. The van der Waals surface area contributed by atoms with Crippen LogP contribution in [0, 0.1) is 6.92 Å². The number of aromatic nitrogens is 5. The van der Waals surface area contributed by atoms with E-state index in [4.69, 9.17) is 19.9 Å². The van der Waals surface area contributed by atoms with E-state index >= 15 is 0 Å². The number of rotatable bonds is 13. The molecule has 0 radical (unpaired) electrons. The van der Waals surface area contributed by atoms with E-state index in [1.807, 2.05) is 66.9 Å². The average molecular weight is 1690 g/mol. The number of nitrogens with zero attached hydrogens (tertiary/aromatic N) is 5. The lowest BCUT2D eigenvalue weighted by Gasteiger charge is -2.15. The van der Waals surface area contributed by atoms with Crippen LogP contribution >= 0.6 is 0 Å². The van der Waals surface area contributed by atoms with Gasteiger partial charge in [-0.2, -0.15) is 0 Å². The zero-order chi connectivity index (χ0) is 88.5. The molecule has 22 aromatic carbocycles. The largest absolute Gasteiger partial charge is 0.248 e. The number of aryl methyl sites for hydroxylation is 1. The number of hydrogen-bond donors (Lipinski definition) is 0. The molecule has 25 aromatic rings. The number of pyridine rings is 1. The molecular weight excluding hydrogens is 1610 g/mol. The zero-order valence-electron chi connectivity index (χ0n) is 73.1. The molecule has 0 atom stereocenters. The quantitative estimate of drug-likeness (QED) is 0.108. The summed E-state index contributed by atoms with van der Waals surface area (Å²) < 4.78 is 0. The number of hydrogen-bond acceptors (Lipinski definition) is 5. The lowest BCUT2D eigenvalue weighted by atomic mass is 9.89. The van der Waals surface area contributed by atoms with Crippen LogP contribution < -0.4 is 0 Å². The van der Waals surface area contributed by atoms with Gasteiger partial charge in [0.05, 0.1) is 28.5 Å². The van der Waals surface area contributed by atoms with Gasteiger partial charge in [0.25, 0.3) is 0 Å². The van der Waals surface area contributed by atoms with Gasteiger partial charge in [-0.05, 0) is 243 Å². The summed E-state index contributed by atoms with van der Waals surface area (Å²) in [6, 6.07) is 175. The first-order valence-corrected chi connectivity index (χ1v) is 45.4. The molecule has 0 fully saturated rings. The van der Waals surface area contributed by atoms with Crippen molar-refractivity contribution in [3.8, 4) is 146 Å². The summed E-state index contributed by atoms with van der Waals surface area (Å²) in [5.74, 6) is 1.44. The minimum Gasteiger partial charge on any atom is -0.248 e. The Balaban J connectivity index is 0.000000115. The molecule has 0 saturated carbocycles. The molecular formula is C128H85N5. The van der Waals surface area contributed by atoms with Gasteiger partial charge in [0.15, 0.2) is 11.6 Å². The van der Waals surface area contributed by atoms with Gasteiger partial charge in [0.1, 0.15) is 0 Å². The highest BCUT2D eigenvalue weighted by molar-refractivity contribution is 6.29. The summed E-state index contributed by atoms with van der Waals surface area (Å²) in [5, 5.41) is 22.9. The van der Waals surface area contributed by atoms with E-state index in [1.54, 1.807) is 0 Å². The molecule has 622 valence electrons. The van der Waals surface area contributed by atoms with Gasteiger partial charge in [0, 0.05) is 45.1 Å². The van der Waals surface area contributed by atoms with Crippen LogP contribution in [0.3, 0.4) is 0 Å². The first kappa shape index (κ1) is 80.1. The van der Waals surface area contributed by atoms with Crippen molar-refractivity contribution in [3.05, 3.63) is 503 Å². The third kappa shape index (κ3) is 15.9. The van der Waals surface area contributed by atoms with Gasteiger partial charge in [-0.15, -0.1) is 0 Å². The van der Waals surface area contributed by atoms with Crippen LogP contribution in [0.25, 0.3) is 243 Å². The van der Waals surface area contributed by atoms with Crippen LogP contribution in [0.4, 0.5) is 0 Å². The van der Waals surface area contributed by atoms with Gasteiger partial charge in [0.2, 0.25) is 0 Å². The van der Waals surface area contributed by atoms with Crippen molar-refractivity contribution in [2.45, 2.75) is 6.92 Å². The standard InChI is InChI=1S/C52H34N2.C42H29N.C34H22N2/c1-5-14-35(15-6-1)40-24-27-44-47-31-41(36-16-7-2-8-17-36)25-28-45(47)49-33-42(26-29-46(49)48(44)32-40)39-22-13-23-43(30-39)52-53-50(37-18-9-3-10-19-37)34-51(54-52)38-20-11-4-12-21-38;1-28-19-21-37-35-17-8-9-18-36(35)38-22-20-33(25-40(38)39(37)23-28)31-15-10-16-32(24-31)34-26-41(29-11-4-2-5-12-29)43-42(27-34)30-13-6-3-7-14-30;1-3-9-23(10-4-1)25-15-17-29-27-13-7-8-14-28(27)32-22-26(16-18-30(32)31(29)21-25)33-19-20-35-34(36-33)24-11-5-2-6-12-24/h1-34H;2-27H,1H3;1-22H. The summed E-state index contributed by atoms with van der Waals surface area (Å²) in [7, 11) is 0. The Hall–Kier alpha value is -17.5. The maximum Gasteiger partial charge on any atom is 0.160 e. The fourth-order valence-electron chi connectivity index (χ4n) is 19.2. The Morgan fingerprint density at radius 1 is 0.120 bits per heavy atom. The summed E-state index contributed by atoms with van der Waals surface area (Å²) in [5.41, 5.74) is 27.7. The van der Waals surface area contributed by atoms with E-state index in [-0.39, 0.29) is 0 Å². The van der Waals surface area contributed by atoms with Crippen LogP contribution in [-0.4, -0.2) is 24.9 Å². The normalized spacial score (nSPS) is 11.3. The van der Waals surface area contributed by atoms with Crippen LogP contribution in [0.2, 0.25) is 0 Å². The van der Waals surface area contributed by atoms with Gasteiger partial charge in [-0.1, -0.05) is 424 Å². The van der Waals surface area contributed by atoms with E-state index in [0.29, 0.717) is 5.82 Å². The third-order valence-electron chi connectivity index (χ3n) is 25.9. The van der Waals surface area contributed by atoms with E-state index in [0.717, 1.165) is 89.9 Å². The average Bonchev–Trinajstić information content (AvgIpc) is 0.665. The fourth-order valence-corrected chi connectivity index (χ4v) is 19.2. The van der Waals surface area contributed by atoms with Crippen molar-refractivity contribution in [2.24, 2.45) is 0 Å². The zero-order valence-corrected chi connectivity index (χ0v) is 73.1. The van der Waals surface area contributed by atoms with Crippen LogP contribution in [0.1, 0.15) is 5.56 Å². The van der Waals surface area contributed by atoms with E-state index in [9.17, 15) is 0 Å². The Kier molecular flexibility index (Phi) is 21.2. The molecule has 0 amide bonds. The molecule has 0 saturated heterocycles. The molecule has 25 rings (SSSR count). The Morgan fingerprint density at radius 2 is 0.361 bits per heavy atom. The second-order valence-electron chi connectivity index (χ2n) is 34.1. The lowest BCUT2D eigenvalue weighted by Crippen LogP contribution is -1.96. The maximum atomic E-state index is 5.11. The summed E-state index contributed by atoms with van der Waals surface area (Å²) in [6.45, 7) is 2.18. The Morgan fingerprint density at radius 3 is 0.744 bits per heavy atom. The van der Waals surface area contributed by atoms with Crippen molar-refractivity contribution in [2.75, 3.05) is 0 Å². The fraction of sp³-hybridized carbons (Fsp3) is 0.00781. The first-order chi connectivity index (χ1) is 65.8. The highest BCUT2D eigenvalue weighted by atomic mass is 14.9. The van der Waals surface area contributed by atoms with Crippen molar-refractivity contribution < 1.29 is 0 Å². The summed E-state index contributed by atoms with van der Waals surface area (Å²) in [6.07, 6.45) is 1.85. The topological polar surface area (TPSA) is 64.5 Å². The summed E-state index contributed by atoms with van der Waals surface area (Å²) in [4.78, 5) is 24.7. The molecule has 0 spiro atoms. The molecule has 3 heterocycles.